The van der Waals surface area contributed by atoms with Crippen molar-refractivity contribution in [2.45, 2.75) is 89.8 Å². The number of alkyl halides is 2. The summed E-state index contributed by atoms with van der Waals surface area (Å²) in [5.41, 5.74) is 9.14. The van der Waals surface area contributed by atoms with Crippen LogP contribution < -0.4 is 10.3 Å². The van der Waals surface area contributed by atoms with Crippen molar-refractivity contribution in [2.75, 3.05) is 31.6 Å². The van der Waals surface area contributed by atoms with Gasteiger partial charge in [0.2, 0.25) is 5.91 Å². The summed E-state index contributed by atoms with van der Waals surface area (Å²) < 4.78 is 31.2. The van der Waals surface area contributed by atoms with E-state index in [1.807, 2.05) is 29.2 Å². The first-order chi connectivity index (χ1) is 19.7. The minimum Gasteiger partial charge on any atom is -0.393 e. The lowest BCUT2D eigenvalue weighted by Gasteiger charge is -2.49. The van der Waals surface area contributed by atoms with Crippen LogP contribution in [-0.4, -0.2) is 63.5 Å². The zero-order valence-electron chi connectivity index (χ0n) is 24.0. The molecule has 2 saturated carbocycles. The summed E-state index contributed by atoms with van der Waals surface area (Å²) in [6, 6.07) is 3.94. The molecule has 2 aliphatic carbocycles. The molecule has 2 fully saturated rings. The monoisotopic (exact) mass is 566 g/mol. The summed E-state index contributed by atoms with van der Waals surface area (Å²) in [4.78, 5) is 16.4. The van der Waals surface area contributed by atoms with E-state index in [0.29, 0.717) is 37.2 Å². The Morgan fingerprint density at radius 2 is 1.95 bits per heavy atom. The number of aromatic nitrogens is 2. The van der Waals surface area contributed by atoms with E-state index in [2.05, 4.69) is 15.0 Å². The number of aliphatic hydroxyl groups excluding tert-OH is 1. The standard InChI is InChI=1S/C31H40F2N6O2/c1-19(40)37-11-7-27-26(18-37)30(35-39(27)22-5-8-31(9-6-22)14-23(41)15-31)38-10-3-4-20-12-24(21-16-34-36(2)17-21)25(29(32)33)13-28(20)38/h12-13,17,22-23,29,34,41H,3-11,14-16,18H2,1-2H3. The number of hydrogen-bond donors (Lipinski definition) is 2. The van der Waals surface area contributed by atoms with Crippen LogP contribution in [0.3, 0.4) is 0 Å². The number of hydrazine groups is 1. The summed E-state index contributed by atoms with van der Waals surface area (Å²) in [6.45, 7) is 4.01. The van der Waals surface area contributed by atoms with Gasteiger partial charge in [-0.1, -0.05) is 0 Å². The first-order valence-electron chi connectivity index (χ1n) is 15.1. The number of rotatable bonds is 4. The fraction of sp³-hybridized carbons (Fsp3) is 0.613. The highest BCUT2D eigenvalue weighted by molar-refractivity contribution is 5.78. The van der Waals surface area contributed by atoms with Crippen molar-refractivity contribution >= 4 is 23.0 Å². The lowest BCUT2D eigenvalue weighted by Crippen LogP contribution is -2.43. The minimum absolute atomic E-state index is 0.0459. The quantitative estimate of drug-likeness (QED) is 0.551. The van der Waals surface area contributed by atoms with E-state index in [4.69, 9.17) is 5.10 Å². The molecule has 1 aromatic heterocycles. The van der Waals surface area contributed by atoms with Gasteiger partial charge in [-0.3, -0.25) is 9.48 Å². The number of nitrogens with one attached hydrogen (secondary N) is 1. The molecule has 4 heterocycles. The molecule has 41 heavy (non-hydrogen) atoms. The van der Waals surface area contributed by atoms with Crippen molar-refractivity contribution in [3.8, 4) is 0 Å². The van der Waals surface area contributed by atoms with Crippen molar-refractivity contribution in [1.82, 2.24) is 25.1 Å². The van der Waals surface area contributed by atoms with E-state index in [0.717, 1.165) is 86.0 Å². The lowest BCUT2D eigenvalue weighted by molar-refractivity contribution is -0.129. The zero-order valence-corrected chi connectivity index (χ0v) is 24.0. The number of aliphatic hydroxyl groups is 1. The topological polar surface area (TPSA) is 76.9 Å². The van der Waals surface area contributed by atoms with E-state index in [1.54, 1.807) is 13.0 Å². The Kier molecular flexibility index (Phi) is 6.61. The normalized spacial score (nSPS) is 27.7. The van der Waals surface area contributed by atoms with Crippen LogP contribution in [0.5, 0.6) is 0 Å². The molecule has 10 heteroatoms. The molecule has 0 unspecified atom stereocenters. The number of fused-ring (bicyclic) bond motifs is 2. The van der Waals surface area contributed by atoms with Gasteiger partial charge in [-0.25, -0.2) is 14.2 Å². The number of aryl methyl sites for hydroxylation is 1. The van der Waals surface area contributed by atoms with Crippen LogP contribution in [0.25, 0.3) is 5.57 Å². The summed E-state index contributed by atoms with van der Waals surface area (Å²) in [6.07, 6.45) is 7.74. The Bertz CT molecular complexity index is 1390. The van der Waals surface area contributed by atoms with E-state index >= 15 is 0 Å². The van der Waals surface area contributed by atoms with E-state index in [-0.39, 0.29) is 23.6 Å². The zero-order chi connectivity index (χ0) is 28.5. The summed E-state index contributed by atoms with van der Waals surface area (Å²) in [7, 11) is 1.88. The third-order valence-corrected chi connectivity index (χ3v) is 10.3. The van der Waals surface area contributed by atoms with Crippen LogP contribution in [0.2, 0.25) is 0 Å². The Balaban J connectivity index is 1.28. The maximum Gasteiger partial charge on any atom is 0.264 e. The lowest BCUT2D eigenvalue weighted by atomic mass is 9.59. The molecule has 5 aliphatic rings. The van der Waals surface area contributed by atoms with Gasteiger partial charge < -0.3 is 19.9 Å². The molecule has 3 aliphatic heterocycles. The van der Waals surface area contributed by atoms with E-state index < -0.39 is 6.43 Å². The first-order valence-corrected chi connectivity index (χ1v) is 15.1. The minimum atomic E-state index is -2.59. The predicted molar refractivity (Wildman–Crippen MR) is 153 cm³/mol. The maximum absolute atomic E-state index is 14.5. The highest BCUT2D eigenvalue weighted by Crippen LogP contribution is 2.54. The van der Waals surface area contributed by atoms with E-state index in [1.165, 1.54) is 5.69 Å². The van der Waals surface area contributed by atoms with Crippen LogP contribution in [0, 0.1) is 5.41 Å². The number of carbonyl (C=O) groups excluding carboxylic acids is 1. The fourth-order valence-electron chi connectivity index (χ4n) is 8.05. The van der Waals surface area contributed by atoms with Gasteiger partial charge in [-0.15, -0.1) is 0 Å². The van der Waals surface area contributed by atoms with Gasteiger partial charge in [0.05, 0.1) is 18.7 Å². The summed E-state index contributed by atoms with van der Waals surface area (Å²) in [5.74, 6) is 0.866. The molecule has 7 rings (SSSR count). The highest BCUT2D eigenvalue weighted by Gasteiger charge is 2.46. The van der Waals surface area contributed by atoms with Crippen molar-refractivity contribution in [2.24, 2.45) is 5.41 Å². The van der Waals surface area contributed by atoms with Crippen molar-refractivity contribution in [3.05, 3.63) is 46.3 Å². The number of halogens is 2. The molecule has 2 N–H and O–H groups in total. The molecule has 0 saturated heterocycles. The van der Waals surface area contributed by atoms with Gasteiger partial charge in [0.1, 0.15) is 0 Å². The smallest absolute Gasteiger partial charge is 0.264 e. The molecular weight excluding hydrogens is 526 g/mol. The Hall–Kier alpha value is -2.98. The number of carbonyl (C=O) groups is 1. The second-order valence-corrected chi connectivity index (χ2v) is 12.9. The fourth-order valence-corrected chi connectivity index (χ4v) is 8.05. The van der Waals surface area contributed by atoms with Crippen molar-refractivity contribution in [3.63, 3.8) is 0 Å². The van der Waals surface area contributed by atoms with Crippen molar-refractivity contribution in [1.29, 1.82) is 0 Å². The van der Waals surface area contributed by atoms with Gasteiger partial charge >= 0.3 is 0 Å². The molecule has 220 valence electrons. The molecule has 0 radical (unpaired) electrons. The van der Waals surface area contributed by atoms with Crippen LogP contribution in [0.1, 0.15) is 92.3 Å². The molecular formula is C31H40F2N6O2. The van der Waals surface area contributed by atoms with Gasteiger partial charge in [-0.05, 0) is 85.6 Å². The van der Waals surface area contributed by atoms with Crippen LogP contribution in [0.15, 0.2) is 18.3 Å². The maximum atomic E-state index is 14.5. The molecule has 1 aromatic carbocycles. The third-order valence-electron chi connectivity index (χ3n) is 10.3. The first kappa shape index (κ1) is 26.9. The molecule has 1 amide bonds. The van der Waals surface area contributed by atoms with Gasteiger partial charge in [0.15, 0.2) is 5.82 Å². The number of hydrogen-bond acceptors (Lipinski definition) is 6. The number of nitrogens with zero attached hydrogens (tertiary/aromatic N) is 5. The molecule has 2 aromatic rings. The van der Waals surface area contributed by atoms with Gasteiger partial charge in [-0.2, -0.15) is 5.10 Å². The largest absolute Gasteiger partial charge is 0.393 e. The van der Waals surface area contributed by atoms with Gasteiger partial charge in [0, 0.05) is 68.7 Å². The Morgan fingerprint density at radius 3 is 2.61 bits per heavy atom. The molecule has 8 nitrogen and oxygen atoms in total. The second-order valence-electron chi connectivity index (χ2n) is 12.9. The second kappa shape index (κ2) is 10.1. The molecule has 1 spiro atoms. The summed E-state index contributed by atoms with van der Waals surface area (Å²) in [5, 5.41) is 17.0. The third kappa shape index (κ3) is 4.63. The van der Waals surface area contributed by atoms with Crippen LogP contribution in [0.4, 0.5) is 20.3 Å². The highest BCUT2D eigenvalue weighted by atomic mass is 19.3. The Labute approximate surface area is 239 Å². The number of amides is 1. The van der Waals surface area contributed by atoms with E-state index in [9.17, 15) is 18.7 Å². The molecule has 0 atom stereocenters. The van der Waals surface area contributed by atoms with Crippen LogP contribution >= 0.6 is 0 Å². The van der Waals surface area contributed by atoms with Crippen LogP contribution in [-0.2, 0) is 24.2 Å². The summed E-state index contributed by atoms with van der Waals surface area (Å²) >= 11 is 0. The predicted octanol–water partition coefficient (Wildman–Crippen LogP) is 4.86. The molecule has 0 bridgehead atoms. The SMILES string of the molecule is CC(=O)N1CCc2c(c(N3CCCc4cc(C5=CN(C)NC5)c(C(F)F)cc43)nn2C2CCC3(CC2)CC(O)C3)C1. The average molecular weight is 567 g/mol. The number of benzene rings is 1. The van der Waals surface area contributed by atoms with Gasteiger partial charge in [0.25, 0.3) is 6.43 Å². The average Bonchev–Trinajstić information content (AvgIpc) is 3.55. The number of anilines is 2. The Morgan fingerprint density at radius 1 is 1.17 bits per heavy atom. The van der Waals surface area contributed by atoms with Crippen molar-refractivity contribution < 1.29 is 18.7 Å².